The predicted molar refractivity (Wildman–Crippen MR) is 139 cm³/mol. The SMILES string of the molecule is CC(C)=CCN(c1ccc(OCc2ccccc2)cc1)C1CCN(Cc2ccc(F)cc2)CC1. The Balaban J connectivity index is 1.37. The summed E-state index contributed by atoms with van der Waals surface area (Å²) in [4.78, 5) is 5.01. The van der Waals surface area contributed by atoms with Gasteiger partial charge in [0.1, 0.15) is 18.2 Å². The van der Waals surface area contributed by atoms with Crippen molar-refractivity contribution in [2.75, 3.05) is 24.5 Å². The molecule has 0 radical (unpaired) electrons. The molecule has 1 aliphatic rings. The fourth-order valence-corrected chi connectivity index (χ4v) is 4.46. The summed E-state index contributed by atoms with van der Waals surface area (Å²) in [5.41, 5.74) is 4.92. The second kappa shape index (κ2) is 11.8. The van der Waals surface area contributed by atoms with Crippen LogP contribution in [0.2, 0.25) is 0 Å². The number of piperidine rings is 1. The van der Waals surface area contributed by atoms with Gasteiger partial charge in [0, 0.05) is 37.9 Å². The van der Waals surface area contributed by atoms with E-state index in [2.05, 4.69) is 66.1 Å². The lowest BCUT2D eigenvalue weighted by Gasteiger charge is -2.39. The van der Waals surface area contributed by atoms with Crippen molar-refractivity contribution < 1.29 is 9.13 Å². The van der Waals surface area contributed by atoms with Gasteiger partial charge >= 0.3 is 0 Å². The molecule has 0 aliphatic carbocycles. The van der Waals surface area contributed by atoms with Gasteiger partial charge in [-0.05, 0) is 74.2 Å². The smallest absolute Gasteiger partial charge is 0.123 e. The van der Waals surface area contributed by atoms with Gasteiger partial charge in [-0.1, -0.05) is 54.1 Å². The summed E-state index contributed by atoms with van der Waals surface area (Å²) in [5.74, 6) is 0.720. The standard InChI is InChI=1S/C30H35FN2O/c1-24(2)16-21-33(28-12-14-30(15-13-28)34-23-26-6-4-3-5-7-26)29-17-19-32(20-18-29)22-25-8-10-27(31)11-9-25/h3-16,29H,17-23H2,1-2H3. The minimum atomic E-state index is -0.172. The van der Waals surface area contributed by atoms with Gasteiger partial charge in [-0.15, -0.1) is 0 Å². The van der Waals surface area contributed by atoms with Crippen LogP contribution in [-0.2, 0) is 13.2 Å². The molecule has 1 heterocycles. The average Bonchev–Trinajstić information content (AvgIpc) is 2.86. The number of anilines is 1. The molecule has 3 nitrogen and oxygen atoms in total. The van der Waals surface area contributed by atoms with E-state index < -0.39 is 0 Å². The lowest BCUT2D eigenvalue weighted by atomic mass is 10.0. The maximum atomic E-state index is 13.2. The minimum Gasteiger partial charge on any atom is -0.489 e. The lowest BCUT2D eigenvalue weighted by molar-refractivity contribution is 0.202. The predicted octanol–water partition coefficient (Wildman–Crippen LogP) is 6.84. The molecule has 1 saturated heterocycles. The zero-order chi connectivity index (χ0) is 23.8. The van der Waals surface area contributed by atoms with Crippen LogP contribution in [-0.4, -0.2) is 30.6 Å². The quantitative estimate of drug-likeness (QED) is 0.326. The Labute approximate surface area is 203 Å². The van der Waals surface area contributed by atoms with Crippen molar-refractivity contribution in [3.05, 3.63) is 107 Å². The van der Waals surface area contributed by atoms with E-state index in [4.69, 9.17) is 4.74 Å². The van der Waals surface area contributed by atoms with Gasteiger partial charge in [0.05, 0.1) is 0 Å². The Morgan fingerprint density at radius 3 is 2.24 bits per heavy atom. The van der Waals surface area contributed by atoms with Crippen LogP contribution < -0.4 is 9.64 Å². The van der Waals surface area contributed by atoms with E-state index >= 15 is 0 Å². The number of likely N-dealkylation sites (tertiary alicyclic amines) is 1. The summed E-state index contributed by atoms with van der Waals surface area (Å²) < 4.78 is 19.2. The molecule has 0 bridgehead atoms. The first-order valence-electron chi connectivity index (χ1n) is 12.2. The van der Waals surface area contributed by atoms with Gasteiger partial charge in [-0.25, -0.2) is 4.39 Å². The fraction of sp³-hybridized carbons (Fsp3) is 0.333. The number of hydrogen-bond acceptors (Lipinski definition) is 3. The Morgan fingerprint density at radius 2 is 1.59 bits per heavy atom. The van der Waals surface area contributed by atoms with Crippen LogP contribution >= 0.6 is 0 Å². The van der Waals surface area contributed by atoms with Gasteiger partial charge in [-0.2, -0.15) is 0 Å². The van der Waals surface area contributed by atoms with Crippen LogP contribution in [0, 0.1) is 5.82 Å². The van der Waals surface area contributed by atoms with Gasteiger partial charge < -0.3 is 9.64 Å². The Morgan fingerprint density at radius 1 is 0.912 bits per heavy atom. The number of benzene rings is 3. The van der Waals surface area contributed by atoms with Gasteiger partial charge in [0.2, 0.25) is 0 Å². The third-order valence-electron chi connectivity index (χ3n) is 6.43. The number of halogens is 1. The number of ether oxygens (including phenoxy) is 1. The highest BCUT2D eigenvalue weighted by atomic mass is 19.1. The molecule has 0 atom stereocenters. The molecule has 0 spiro atoms. The molecule has 178 valence electrons. The normalized spacial score (nSPS) is 14.6. The molecule has 1 aliphatic heterocycles. The molecule has 0 aromatic heterocycles. The molecule has 34 heavy (non-hydrogen) atoms. The van der Waals surface area contributed by atoms with E-state index in [1.165, 1.54) is 22.4 Å². The summed E-state index contributed by atoms with van der Waals surface area (Å²) in [5, 5.41) is 0. The van der Waals surface area contributed by atoms with E-state index in [0.29, 0.717) is 12.6 Å². The second-order valence-electron chi connectivity index (χ2n) is 9.34. The number of nitrogens with zero attached hydrogens (tertiary/aromatic N) is 2. The summed E-state index contributed by atoms with van der Waals surface area (Å²) >= 11 is 0. The van der Waals surface area contributed by atoms with Gasteiger partial charge in [0.25, 0.3) is 0 Å². The number of allylic oxidation sites excluding steroid dienone is 1. The first-order chi connectivity index (χ1) is 16.6. The highest BCUT2D eigenvalue weighted by Gasteiger charge is 2.24. The molecule has 4 heteroatoms. The summed E-state index contributed by atoms with van der Waals surface area (Å²) in [6, 6.07) is 26.2. The van der Waals surface area contributed by atoms with Crippen molar-refractivity contribution in [3.8, 4) is 5.75 Å². The summed E-state index contributed by atoms with van der Waals surface area (Å²) in [6.07, 6.45) is 4.54. The van der Waals surface area contributed by atoms with E-state index in [9.17, 15) is 4.39 Å². The van der Waals surface area contributed by atoms with Crippen LogP contribution in [0.25, 0.3) is 0 Å². The summed E-state index contributed by atoms with van der Waals surface area (Å²) in [7, 11) is 0. The van der Waals surface area contributed by atoms with E-state index in [1.54, 1.807) is 12.1 Å². The molecule has 4 rings (SSSR count). The minimum absolute atomic E-state index is 0.172. The van der Waals surface area contributed by atoms with Crippen LogP contribution in [0.5, 0.6) is 5.75 Å². The molecule has 0 amide bonds. The third-order valence-corrected chi connectivity index (χ3v) is 6.43. The van der Waals surface area contributed by atoms with Crippen molar-refractivity contribution in [2.24, 2.45) is 0 Å². The maximum absolute atomic E-state index is 13.2. The average molecular weight is 459 g/mol. The van der Waals surface area contributed by atoms with Crippen LogP contribution in [0.4, 0.5) is 10.1 Å². The molecular weight excluding hydrogens is 423 g/mol. The largest absolute Gasteiger partial charge is 0.489 e. The number of hydrogen-bond donors (Lipinski definition) is 0. The van der Waals surface area contributed by atoms with E-state index in [-0.39, 0.29) is 5.82 Å². The zero-order valence-electron chi connectivity index (χ0n) is 20.3. The first kappa shape index (κ1) is 24.0. The Hall–Kier alpha value is -3.11. The number of rotatable bonds is 9. The molecular formula is C30H35FN2O. The van der Waals surface area contributed by atoms with E-state index in [0.717, 1.165) is 44.8 Å². The molecule has 3 aromatic carbocycles. The van der Waals surface area contributed by atoms with Crippen LogP contribution in [0.1, 0.15) is 37.8 Å². The van der Waals surface area contributed by atoms with Gasteiger partial charge in [-0.3, -0.25) is 4.90 Å². The maximum Gasteiger partial charge on any atom is 0.123 e. The Bertz CT molecular complexity index is 1040. The molecule has 0 N–H and O–H groups in total. The Kier molecular flexibility index (Phi) is 8.37. The lowest BCUT2D eigenvalue weighted by Crippen LogP contribution is -2.45. The van der Waals surface area contributed by atoms with Crippen LogP contribution in [0.15, 0.2) is 90.5 Å². The molecule has 1 fully saturated rings. The highest BCUT2D eigenvalue weighted by molar-refractivity contribution is 5.51. The monoisotopic (exact) mass is 458 g/mol. The molecule has 0 saturated carbocycles. The zero-order valence-corrected chi connectivity index (χ0v) is 20.3. The van der Waals surface area contributed by atoms with Crippen molar-refractivity contribution in [1.82, 2.24) is 4.90 Å². The fourth-order valence-electron chi connectivity index (χ4n) is 4.46. The van der Waals surface area contributed by atoms with Gasteiger partial charge in [0.15, 0.2) is 0 Å². The van der Waals surface area contributed by atoms with Crippen molar-refractivity contribution in [1.29, 1.82) is 0 Å². The topological polar surface area (TPSA) is 15.7 Å². The van der Waals surface area contributed by atoms with Crippen molar-refractivity contribution >= 4 is 5.69 Å². The highest BCUT2D eigenvalue weighted by Crippen LogP contribution is 2.27. The second-order valence-corrected chi connectivity index (χ2v) is 9.34. The van der Waals surface area contributed by atoms with Crippen molar-refractivity contribution in [2.45, 2.75) is 45.9 Å². The van der Waals surface area contributed by atoms with Crippen LogP contribution in [0.3, 0.4) is 0 Å². The van der Waals surface area contributed by atoms with E-state index in [1.807, 2.05) is 30.3 Å². The van der Waals surface area contributed by atoms with Crippen molar-refractivity contribution in [3.63, 3.8) is 0 Å². The third kappa shape index (κ3) is 6.94. The first-order valence-corrected chi connectivity index (χ1v) is 12.2. The molecule has 0 unspecified atom stereocenters. The summed E-state index contributed by atoms with van der Waals surface area (Å²) in [6.45, 7) is 8.78. The molecule has 3 aromatic rings.